The molecule has 1 aromatic carbocycles. The maximum atomic E-state index is 11.9. The van der Waals surface area contributed by atoms with Crippen molar-refractivity contribution >= 4 is 40.7 Å². The van der Waals surface area contributed by atoms with Gasteiger partial charge in [-0.25, -0.2) is 0 Å². The van der Waals surface area contributed by atoms with Crippen LogP contribution < -0.4 is 10.6 Å². The number of halogens is 2. The maximum absolute atomic E-state index is 11.9. The molecule has 1 fully saturated rings. The van der Waals surface area contributed by atoms with Gasteiger partial charge in [-0.1, -0.05) is 23.2 Å². The molecule has 19 heavy (non-hydrogen) atoms. The van der Waals surface area contributed by atoms with E-state index in [-0.39, 0.29) is 0 Å². The van der Waals surface area contributed by atoms with Crippen LogP contribution in [0.2, 0.25) is 10.0 Å². The van der Waals surface area contributed by atoms with E-state index < -0.39 is 11.8 Å². The van der Waals surface area contributed by atoms with Crippen LogP contribution in [0.4, 0.5) is 5.69 Å². The van der Waals surface area contributed by atoms with E-state index in [4.69, 9.17) is 23.2 Å². The van der Waals surface area contributed by atoms with Gasteiger partial charge in [0.25, 0.3) is 0 Å². The Balaban J connectivity index is 2.03. The van der Waals surface area contributed by atoms with Crippen molar-refractivity contribution in [3.8, 4) is 0 Å². The number of anilines is 1. The standard InChI is InChI=1S/C12H13Cl2N3O2/c13-8-1-2-9(14)10(7-8)16-11(18)12(19)17-5-3-15-4-6-17/h1-2,7,15H,3-6H2,(H,16,18). The second-order valence-corrected chi connectivity index (χ2v) is 4.96. The molecule has 7 heteroatoms. The SMILES string of the molecule is O=C(Nc1cc(Cl)ccc1Cl)C(=O)N1CCNCC1. The van der Waals surface area contributed by atoms with Gasteiger partial charge in [-0.15, -0.1) is 0 Å². The lowest BCUT2D eigenvalue weighted by Gasteiger charge is -2.26. The second-order valence-electron chi connectivity index (χ2n) is 4.12. The largest absolute Gasteiger partial charge is 0.332 e. The van der Waals surface area contributed by atoms with Gasteiger partial charge in [0.2, 0.25) is 0 Å². The van der Waals surface area contributed by atoms with Crippen molar-refractivity contribution in [2.24, 2.45) is 0 Å². The molecule has 1 aliphatic heterocycles. The van der Waals surface area contributed by atoms with Crippen LogP contribution in [0.25, 0.3) is 0 Å². The fraction of sp³-hybridized carbons (Fsp3) is 0.333. The van der Waals surface area contributed by atoms with Crippen LogP contribution in [0.15, 0.2) is 18.2 Å². The van der Waals surface area contributed by atoms with E-state index >= 15 is 0 Å². The Bertz CT molecular complexity index is 502. The lowest BCUT2D eigenvalue weighted by atomic mass is 10.3. The summed E-state index contributed by atoms with van der Waals surface area (Å²) < 4.78 is 0. The number of hydrogen-bond acceptors (Lipinski definition) is 3. The van der Waals surface area contributed by atoms with Gasteiger partial charge in [-0.2, -0.15) is 0 Å². The van der Waals surface area contributed by atoms with E-state index in [0.29, 0.717) is 41.9 Å². The molecule has 0 radical (unpaired) electrons. The van der Waals surface area contributed by atoms with E-state index in [2.05, 4.69) is 10.6 Å². The zero-order valence-electron chi connectivity index (χ0n) is 10.1. The van der Waals surface area contributed by atoms with Crippen LogP contribution >= 0.6 is 23.2 Å². The highest BCUT2D eigenvalue weighted by atomic mass is 35.5. The van der Waals surface area contributed by atoms with E-state index in [1.807, 2.05) is 0 Å². The minimum atomic E-state index is -0.703. The Morgan fingerprint density at radius 2 is 1.89 bits per heavy atom. The van der Waals surface area contributed by atoms with Crippen molar-refractivity contribution in [1.29, 1.82) is 0 Å². The molecule has 1 aromatic rings. The summed E-state index contributed by atoms with van der Waals surface area (Å²) in [6.45, 7) is 2.43. The van der Waals surface area contributed by atoms with Gasteiger partial charge in [0.15, 0.2) is 0 Å². The first-order valence-corrected chi connectivity index (χ1v) is 6.59. The molecule has 2 rings (SSSR count). The fourth-order valence-electron chi connectivity index (χ4n) is 1.78. The van der Waals surface area contributed by atoms with Crippen LogP contribution in [0.1, 0.15) is 0 Å². The number of amides is 2. The van der Waals surface area contributed by atoms with Crippen LogP contribution in [0, 0.1) is 0 Å². The van der Waals surface area contributed by atoms with Gasteiger partial charge in [0.05, 0.1) is 10.7 Å². The summed E-state index contributed by atoms with van der Waals surface area (Å²) in [7, 11) is 0. The van der Waals surface area contributed by atoms with Gasteiger partial charge in [0.1, 0.15) is 0 Å². The molecular weight excluding hydrogens is 289 g/mol. The Labute approximate surface area is 120 Å². The second kappa shape index (κ2) is 6.23. The van der Waals surface area contributed by atoms with Crippen LogP contribution in [-0.2, 0) is 9.59 Å². The number of carbonyl (C=O) groups excluding carboxylic acids is 2. The molecule has 0 bridgehead atoms. The molecule has 1 aliphatic rings. The molecule has 0 saturated carbocycles. The number of carbonyl (C=O) groups is 2. The van der Waals surface area contributed by atoms with E-state index in [1.54, 1.807) is 12.1 Å². The summed E-state index contributed by atoms with van der Waals surface area (Å²) in [6.07, 6.45) is 0. The highest BCUT2D eigenvalue weighted by Crippen LogP contribution is 2.25. The average molecular weight is 302 g/mol. The number of piperazine rings is 1. The Kier molecular flexibility index (Phi) is 4.63. The summed E-state index contributed by atoms with van der Waals surface area (Å²) in [6, 6.07) is 4.68. The molecule has 2 amide bonds. The third-order valence-electron chi connectivity index (χ3n) is 2.78. The quantitative estimate of drug-likeness (QED) is 0.770. The minimum Gasteiger partial charge on any atom is -0.332 e. The average Bonchev–Trinajstić information content (AvgIpc) is 2.43. The van der Waals surface area contributed by atoms with Gasteiger partial charge in [-0.05, 0) is 18.2 Å². The molecular formula is C12H13Cl2N3O2. The normalized spacial score (nSPS) is 15.2. The van der Waals surface area contributed by atoms with Crippen molar-refractivity contribution in [2.75, 3.05) is 31.5 Å². The van der Waals surface area contributed by atoms with Gasteiger partial charge >= 0.3 is 11.8 Å². The Hall–Kier alpha value is -1.30. The molecule has 0 atom stereocenters. The predicted octanol–water partition coefficient (Wildman–Crippen LogP) is 1.36. The lowest BCUT2D eigenvalue weighted by Crippen LogP contribution is -2.49. The summed E-state index contributed by atoms with van der Waals surface area (Å²) >= 11 is 11.7. The van der Waals surface area contributed by atoms with Gasteiger partial charge in [-0.3, -0.25) is 9.59 Å². The molecule has 0 unspecified atom stereocenters. The van der Waals surface area contributed by atoms with Crippen molar-refractivity contribution in [2.45, 2.75) is 0 Å². The fourth-order valence-corrected chi connectivity index (χ4v) is 2.12. The van der Waals surface area contributed by atoms with Crippen LogP contribution in [0.3, 0.4) is 0 Å². The van der Waals surface area contributed by atoms with E-state index in [0.717, 1.165) is 0 Å². The summed E-state index contributed by atoms with van der Waals surface area (Å²) in [5.41, 5.74) is 0.336. The number of benzene rings is 1. The van der Waals surface area contributed by atoms with E-state index in [1.165, 1.54) is 11.0 Å². The first-order chi connectivity index (χ1) is 9.08. The molecule has 0 aliphatic carbocycles. The third-order valence-corrected chi connectivity index (χ3v) is 3.34. The van der Waals surface area contributed by atoms with Crippen LogP contribution in [-0.4, -0.2) is 42.9 Å². The smallest absolute Gasteiger partial charge is 0.313 e. The van der Waals surface area contributed by atoms with Crippen molar-refractivity contribution in [3.05, 3.63) is 28.2 Å². The zero-order chi connectivity index (χ0) is 13.8. The van der Waals surface area contributed by atoms with Gasteiger partial charge < -0.3 is 15.5 Å². The Morgan fingerprint density at radius 1 is 1.21 bits per heavy atom. The minimum absolute atomic E-state index is 0.336. The Morgan fingerprint density at radius 3 is 2.58 bits per heavy atom. The molecule has 1 saturated heterocycles. The predicted molar refractivity (Wildman–Crippen MR) is 74.5 cm³/mol. The monoisotopic (exact) mass is 301 g/mol. The lowest BCUT2D eigenvalue weighted by molar-refractivity contribution is -0.143. The summed E-state index contributed by atoms with van der Waals surface area (Å²) in [5, 5.41) is 6.37. The van der Waals surface area contributed by atoms with Crippen molar-refractivity contribution in [1.82, 2.24) is 10.2 Å². The number of nitrogens with one attached hydrogen (secondary N) is 2. The molecule has 1 heterocycles. The highest BCUT2D eigenvalue weighted by Gasteiger charge is 2.23. The molecule has 2 N–H and O–H groups in total. The first-order valence-electron chi connectivity index (χ1n) is 5.84. The molecule has 0 spiro atoms. The number of rotatable bonds is 1. The summed E-state index contributed by atoms with van der Waals surface area (Å²) in [4.78, 5) is 25.3. The van der Waals surface area contributed by atoms with E-state index in [9.17, 15) is 9.59 Å². The topological polar surface area (TPSA) is 61.4 Å². The highest BCUT2D eigenvalue weighted by molar-refractivity contribution is 6.42. The number of hydrogen-bond donors (Lipinski definition) is 2. The van der Waals surface area contributed by atoms with Gasteiger partial charge in [0, 0.05) is 31.2 Å². The molecule has 102 valence electrons. The zero-order valence-corrected chi connectivity index (χ0v) is 11.6. The third kappa shape index (κ3) is 3.59. The van der Waals surface area contributed by atoms with Crippen LogP contribution in [0.5, 0.6) is 0 Å². The van der Waals surface area contributed by atoms with Crippen molar-refractivity contribution in [3.63, 3.8) is 0 Å². The molecule has 0 aromatic heterocycles. The number of nitrogens with zero attached hydrogens (tertiary/aromatic N) is 1. The summed E-state index contributed by atoms with van der Waals surface area (Å²) in [5.74, 6) is -1.26. The first kappa shape index (κ1) is 14.1. The van der Waals surface area contributed by atoms with Crippen molar-refractivity contribution < 1.29 is 9.59 Å². The maximum Gasteiger partial charge on any atom is 0.313 e. The molecule has 5 nitrogen and oxygen atoms in total.